The molecule has 0 fully saturated rings. The van der Waals surface area contributed by atoms with Crippen LogP contribution in [0.2, 0.25) is 0 Å². The van der Waals surface area contributed by atoms with Gasteiger partial charge in [0.1, 0.15) is 5.70 Å². The zero-order valence-electron chi connectivity index (χ0n) is 23.0. The van der Waals surface area contributed by atoms with Crippen LogP contribution in [-0.4, -0.2) is 27.9 Å². The Kier molecular flexibility index (Phi) is 10.8. The third-order valence-corrected chi connectivity index (χ3v) is 7.99. The molecule has 1 atom stereocenters. The molecule has 11 heteroatoms. The number of carbonyl (C=O) groups excluding carboxylic acids is 3. The number of rotatable bonds is 11. The molecule has 0 spiro atoms. The van der Waals surface area contributed by atoms with Gasteiger partial charge in [0.2, 0.25) is 5.91 Å². The highest BCUT2D eigenvalue weighted by molar-refractivity contribution is 9.10. The number of thioether (sulfide) groups is 1. The van der Waals surface area contributed by atoms with E-state index in [0.717, 1.165) is 9.37 Å². The smallest absolute Gasteiger partial charge is 0.276 e. The highest BCUT2D eigenvalue weighted by Crippen LogP contribution is 2.29. The zero-order chi connectivity index (χ0) is 30.8. The number of hydrogen-bond acceptors (Lipinski definition) is 6. The molecule has 0 saturated heterocycles. The molecule has 0 radical (unpaired) electrons. The van der Waals surface area contributed by atoms with Crippen molar-refractivity contribution < 1.29 is 19.3 Å². The van der Waals surface area contributed by atoms with Crippen molar-refractivity contribution in [2.75, 3.05) is 10.6 Å². The molecule has 1 unspecified atom stereocenters. The minimum atomic E-state index is -0.676. The fourth-order valence-electron chi connectivity index (χ4n) is 3.96. The number of anilines is 2. The Balaban J connectivity index is 1.54. The molecular weight excluding hydrogens is 632 g/mol. The first-order valence-electron chi connectivity index (χ1n) is 13.2. The second kappa shape index (κ2) is 14.9. The first-order chi connectivity index (χ1) is 20.7. The lowest BCUT2D eigenvalue weighted by Crippen LogP contribution is -2.30. The van der Waals surface area contributed by atoms with Crippen molar-refractivity contribution in [3.63, 3.8) is 0 Å². The van der Waals surface area contributed by atoms with Crippen LogP contribution < -0.4 is 16.0 Å². The van der Waals surface area contributed by atoms with Crippen LogP contribution in [0.4, 0.5) is 17.1 Å². The van der Waals surface area contributed by atoms with Crippen molar-refractivity contribution >= 4 is 68.6 Å². The number of nitrogens with one attached hydrogen (secondary N) is 3. The van der Waals surface area contributed by atoms with Gasteiger partial charge in [0.05, 0.1) is 15.7 Å². The summed E-state index contributed by atoms with van der Waals surface area (Å²) in [5.74, 6) is -1.38. The van der Waals surface area contributed by atoms with Crippen LogP contribution in [0, 0.1) is 10.1 Å². The lowest BCUT2D eigenvalue weighted by Gasteiger charge is -2.16. The van der Waals surface area contributed by atoms with E-state index in [9.17, 15) is 24.5 Å². The van der Waals surface area contributed by atoms with Crippen molar-refractivity contribution in [3.05, 3.63) is 135 Å². The first kappa shape index (κ1) is 31.2. The second-order valence-electron chi connectivity index (χ2n) is 9.19. The van der Waals surface area contributed by atoms with Gasteiger partial charge in [0, 0.05) is 32.4 Å². The standard InChI is InChI=1S/C32H27BrN4O5S/c1-2-29(32(40)34-24-17-15-23(33)16-18-24)43-26-13-8-12-25(20-26)35-31(39)27(36-30(38)21-9-4-3-5-10-21)19-22-11-6-7-14-28(22)37(41)42/h3-20,29H,2H2,1H3,(H,34,40)(H,35,39)(H,36,38)/b27-19+. The molecule has 9 nitrogen and oxygen atoms in total. The van der Waals surface area contributed by atoms with Gasteiger partial charge in [-0.15, -0.1) is 11.8 Å². The van der Waals surface area contributed by atoms with Gasteiger partial charge < -0.3 is 16.0 Å². The third kappa shape index (κ3) is 8.87. The number of hydrogen-bond donors (Lipinski definition) is 3. The number of para-hydroxylation sites is 1. The summed E-state index contributed by atoms with van der Waals surface area (Å²) >= 11 is 4.73. The number of nitro benzene ring substituents is 1. The maximum Gasteiger partial charge on any atom is 0.276 e. The molecule has 0 aliphatic heterocycles. The van der Waals surface area contributed by atoms with Gasteiger partial charge in [0.15, 0.2) is 0 Å². The molecule has 3 amide bonds. The molecule has 4 rings (SSSR count). The molecule has 0 heterocycles. The summed E-state index contributed by atoms with van der Waals surface area (Å²) in [5, 5.41) is 19.5. The van der Waals surface area contributed by atoms with Gasteiger partial charge in [-0.1, -0.05) is 59.3 Å². The van der Waals surface area contributed by atoms with Crippen LogP contribution in [0.25, 0.3) is 6.08 Å². The summed E-state index contributed by atoms with van der Waals surface area (Å²) in [6.45, 7) is 1.92. The van der Waals surface area contributed by atoms with Crippen LogP contribution in [0.15, 0.2) is 118 Å². The van der Waals surface area contributed by atoms with E-state index in [1.165, 1.54) is 36.0 Å². The van der Waals surface area contributed by atoms with Crippen LogP contribution in [0.5, 0.6) is 0 Å². The number of nitro groups is 1. The van der Waals surface area contributed by atoms with E-state index < -0.39 is 22.0 Å². The maximum absolute atomic E-state index is 13.5. The molecule has 0 bridgehead atoms. The topological polar surface area (TPSA) is 130 Å². The zero-order valence-corrected chi connectivity index (χ0v) is 25.4. The van der Waals surface area contributed by atoms with Gasteiger partial charge in [-0.05, 0) is 73.2 Å². The van der Waals surface area contributed by atoms with Crippen molar-refractivity contribution in [1.82, 2.24) is 5.32 Å². The summed E-state index contributed by atoms with van der Waals surface area (Å²) < 4.78 is 0.908. The summed E-state index contributed by atoms with van der Waals surface area (Å²) in [7, 11) is 0. The lowest BCUT2D eigenvalue weighted by atomic mass is 10.1. The molecule has 43 heavy (non-hydrogen) atoms. The number of carbonyl (C=O) groups is 3. The lowest BCUT2D eigenvalue weighted by molar-refractivity contribution is -0.385. The minimum absolute atomic E-state index is 0.150. The maximum atomic E-state index is 13.5. The quantitative estimate of drug-likeness (QED) is 0.0672. The van der Waals surface area contributed by atoms with Gasteiger partial charge >= 0.3 is 0 Å². The fraction of sp³-hybridized carbons (Fsp3) is 0.0938. The van der Waals surface area contributed by atoms with Gasteiger partial charge in [-0.2, -0.15) is 0 Å². The Hall–Kier alpha value is -4.74. The summed E-state index contributed by atoms with van der Waals surface area (Å²) in [5.41, 5.74) is 1.17. The molecule has 0 saturated carbocycles. The number of amides is 3. The highest BCUT2D eigenvalue weighted by Gasteiger charge is 2.20. The Bertz CT molecular complexity index is 1660. The van der Waals surface area contributed by atoms with Crippen molar-refractivity contribution in [2.45, 2.75) is 23.5 Å². The molecule has 4 aromatic carbocycles. The molecule has 3 N–H and O–H groups in total. The highest BCUT2D eigenvalue weighted by atomic mass is 79.9. The SMILES string of the molecule is CCC(Sc1cccc(NC(=O)/C(=C\c2ccccc2[N+](=O)[O-])NC(=O)c2ccccc2)c1)C(=O)Nc1ccc(Br)cc1. The summed E-state index contributed by atoms with van der Waals surface area (Å²) in [4.78, 5) is 51.1. The van der Waals surface area contributed by atoms with Crippen molar-refractivity contribution in [1.29, 1.82) is 0 Å². The van der Waals surface area contributed by atoms with Crippen molar-refractivity contribution in [3.8, 4) is 0 Å². The monoisotopic (exact) mass is 658 g/mol. The Morgan fingerprint density at radius 1 is 0.884 bits per heavy atom. The Morgan fingerprint density at radius 3 is 2.28 bits per heavy atom. The van der Waals surface area contributed by atoms with E-state index in [1.807, 2.05) is 25.1 Å². The van der Waals surface area contributed by atoms with E-state index in [0.29, 0.717) is 23.4 Å². The first-order valence-corrected chi connectivity index (χ1v) is 14.9. The fourth-order valence-corrected chi connectivity index (χ4v) is 5.24. The van der Waals surface area contributed by atoms with Crippen LogP contribution in [0.3, 0.4) is 0 Å². The largest absolute Gasteiger partial charge is 0.325 e. The second-order valence-corrected chi connectivity index (χ2v) is 11.4. The molecule has 0 aliphatic carbocycles. The van der Waals surface area contributed by atoms with E-state index in [-0.39, 0.29) is 22.9 Å². The number of benzene rings is 4. The molecule has 0 aliphatic rings. The van der Waals surface area contributed by atoms with E-state index in [1.54, 1.807) is 66.7 Å². The molecule has 4 aromatic rings. The van der Waals surface area contributed by atoms with Crippen LogP contribution in [0.1, 0.15) is 29.3 Å². The summed E-state index contributed by atoms with van der Waals surface area (Å²) in [6, 6.07) is 28.5. The minimum Gasteiger partial charge on any atom is -0.325 e. The summed E-state index contributed by atoms with van der Waals surface area (Å²) in [6.07, 6.45) is 1.84. The molecule has 0 aromatic heterocycles. The van der Waals surface area contributed by atoms with Crippen LogP contribution in [-0.2, 0) is 9.59 Å². The molecule has 218 valence electrons. The van der Waals surface area contributed by atoms with Crippen molar-refractivity contribution in [2.24, 2.45) is 0 Å². The van der Waals surface area contributed by atoms with E-state index >= 15 is 0 Å². The van der Waals surface area contributed by atoms with E-state index in [2.05, 4.69) is 31.9 Å². The number of nitrogens with zero attached hydrogens (tertiary/aromatic N) is 1. The van der Waals surface area contributed by atoms with Gasteiger partial charge in [0.25, 0.3) is 17.5 Å². The average Bonchev–Trinajstić information content (AvgIpc) is 3.01. The predicted octanol–water partition coefficient (Wildman–Crippen LogP) is 7.28. The normalized spacial score (nSPS) is 11.7. The Morgan fingerprint density at radius 2 is 1.58 bits per heavy atom. The average molecular weight is 660 g/mol. The Labute approximate surface area is 261 Å². The third-order valence-electron chi connectivity index (χ3n) is 6.11. The number of halogens is 1. The van der Waals surface area contributed by atoms with Crippen LogP contribution >= 0.6 is 27.7 Å². The van der Waals surface area contributed by atoms with Gasteiger partial charge in [-0.25, -0.2) is 0 Å². The van der Waals surface area contributed by atoms with Gasteiger partial charge in [-0.3, -0.25) is 24.5 Å². The molecular formula is C32H27BrN4O5S. The van der Waals surface area contributed by atoms with E-state index in [4.69, 9.17) is 0 Å². The predicted molar refractivity (Wildman–Crippen MR) is 173 cm³/mol.